The number of aliphatic hydroxyl groups is 3. The molecule has 6 heteroatoms. The molecule has 0 saturated heterocycles. The molecular weight excluding hydrogens is 488 g/mol. The first-order valence-corrected chi connectivity index (χ1v) is 16.5. The highest BCUT2D eigenvalue weighted by atomic mass is 16.3. The summed E-state index contributed by atoms with van der Waals surface area (Å²) in [5, 5.41) is 36.7. The number of nitrogens with one attached hydrogen (secondary N) is 1. The molecule has 0 spiro atoms. The van der Waals surface area contributed by atoms with Crippen molar-refractivity contribution >= 4 is 5.91 Å². The zero-order valence-corrected chi connectivity index (χ0v) is 26.0. The minimum Gasteiger partial charge on any atom is -0.393 e. The molecule has 4 saturated carbocycles. The summed E-state index contributed by atoms with van der Waals surface area (Å²) in [4.78, 5) is 12.7. The van der Waals surface area contributed by atoms with Crippen molar-refractivity contribution < 1.29 is 24.6 Å². The average molecular weight is 550 g/mol. The Morgan fingerprint density at radius 2 is 1.72 bits per heavy atom. The molecule has 0 aromatic heterocycles. The molecule has 0 radical (unpaired) electrons. The van der Waals surface area contributed by atoms with Gasteiger partial charge in [0.1, 0.15) is 0 Å². The van der Waals surface area contributed by atoms with Crippen LogP contribution in [0.5, 0.6) is 0 Å². The van der Waals surface area contributed by atoms with Gasteiger partial charge in [0, 0.05) is 19.4 Å². The lowest BCUT2D eigenvalue weighted by molar-refractivity contribution is -0.890. The van der Waals surface area contributed by atoms with E-state index >= 15 is 0 Å². The monoisotopic (exact) mass is 549 g/mol. The fourth-order valence-corrected chi connectivity index (χ4v) is 10.2. The molecule has 0 aromatic rings. The highest BCUT2D eigenvalue weighted by Gasteiger charge is 2.65. The number of quaternary nitrogens is 1. The molecule has 4 rings (SSSR count). The standard InChI is InChI=1S/C33H60N2O4/c1-7-8-17-35(5,6)18-9-16-34-30(39)13-10-22(2)25-11-12-26-31-27(21-29(38)33(25,26)4)32(3)15-14-24(36)19-23(32)20-28(31)37/h22-29,31,36-38H,7-21H2,1-6H3/p+1/t22-,23+,24-,25-,26+,27+,28-,29+,31+,32+,33-/m1/s1. The van der Waals surface area contributed by atoms with E-state index < -0.39 is 0 Å². The van der Waals surface area contributed by atoms with Crippen molar-refractivity contribution in [3.63, 3.8) is 0 Å². The number of carbonyl (C=O) groups is 1. The number of nitrogens with zero attached hydrogens (tertiary/aromatic N) is 1. The van der Waals surface area contributed by atoms with E-state index in [1.807, 2.05) is 0 Å². The minimum atomic E-state index is -0.365. The van der Waals surface area contributed by atoms with Crippen LogP contribution in [0.2, 0.25) is 0 Å². The highest BCUT2D eigenvalue weighted by Crippen LogP contribution is 2.68. The summed E-state index contributed by atoms with van der Waals surface area (Å²) < 4.78 is 1.02. The second-order valence-electron chi connectivity index (χ2n) is 15.5. The molecule has 4 N–H and O–H groups in total. The van der Waals surface area contributed by atoms with E-state index in [0.29, 0.717) is 36.0 Å². The molecule has 4 fully saturated rings. The van der Waals surface area contributed by atoms with E-state index in [9.17, 15) is 20.1 Å². The predicted molar refractivity (Wildman–Crippen MR) is 157 cm³/mol. The summed E-state index contributed by atoms with van der Waals surface area (Å²) in [6.45, 7) is 12.2. The molecule has 0 unspecified atom stereocenters. The number of aliphatic hydroxyl groups excluding tert-OH is 3. The van der Waals surface area contributed by atoms with Crippen LogP contribution in [0.3, 0.4) is 0 Å². The summed E-state index contributed by atoms with van der Waals surface area (Å²) in [7, 11) is 4.56. The quantitative estimate of drug-likeness (QED) is 0.221. The molecule has 11 atom stereocenters. The maximum Gasteiger partial charge on any atom is 0.220 e. The first kappa shape index (κ1) is 31.3. The van der Waals surface area contributed by atoms with Crippen LogP contribution >= 0.6 is 0 Å². The second-order valence-corrected chi connectivity index (χ2v) is 15.5. The maximum atomic E-state index is 12.7. The van der Waals surface area contributed by atoms with Crippen molar-refractivity contribution in [2.45, 2.75) is 123 Å². The summed E-state index contributed by atoms with van der Waals surface area (Å²) >= 11 is 0. The summed E-state index contributed by atoms with van der Waals surface area (Å²) in [6.07, 6.45) is 10.3. The molecule has 6 nitrogen and oxygen atoms in total. The Morgan fingerprint density at radius 1 is 1.00 bits per heavy atom. The van der Waals surface area contributed by atoms with E-state index in [2.05, 4.69) is 47.1 Å². The van der Waals surface area contributed by atoms with Crippen LogP contribution in [0.1, 0.15) is 105 Å². The second kappa shape index (κ2) is 12.3. The van der Waals surface area contributed by atoms with Crippen LogP contribution in [-0.2, 0) is 4.79 Å². The number of unbranched alkanes of at least 4 members (excludes halogenated alkanes) is 1. The van der Waals surface area contributed by atoms with Gasteiger partial charge in [-0.15, -0.1) is 0 Å². The van der Waals surface area contributed by atoms with Crippen LogP contribution in [0, 0.1) is 46.3 Å². The van der Waals surface area contributed by atoms with E-state index in [4.69, 9.17) is 0 Å². The van der Waals surface area contributed by atoms with Gasteiger partial charge in [0.05, 0.1) is 45.5 Å². The molecular formula is C33H61N2O4+. The molecule has 4 aliphatic carbocycles. The number of hydrogen-bond acceptors (Lipinski definition) is 4. The summed E-state index contributed by atoms with van der Waals surface area (Å²) in [5.41, 5.74) is -0.0886. The fourth-order valence-electron chi connectivity index (χ4n) is 10.2. The van der Waals surface area contributed by atoms with Crippen molar-refractivity contribution in [1.82, 2.24) is 5.32 Å². The molecule has 4 aliphatic rings. The largest absolute Gasteiger partial charge is 0.393 e. The van der Waals surface area contributed by atoms with Crippen molar-refractivity contribution in [2.75, 3.05) is 33.7 Å². The van der Waals surface area contributed by atoms with Crippen LogP contribution in [-0.4, -0.2) is 77.8 Å². The number of fused-ring (bicyclic) bond motifs is 5. The predicted octanol–water partition coefficient (Wildman–Crippen LogP) is 4.75. The third-order valence-corrected chi connectivity index (χ3v) is 12.7. The Hall–Kier alpha value is -0.690. The summed E-state index contributed by atoms with van der Waals surface area (Å²) in [6, 6.07) is 0. The van der Waals surface area contributed by atoms with Crippen LogP contribution in [0.15, 0.2) is 0 Å². The number of rotatable bonds is 11. The molecule has 1 amide bonds. The molecule has 226 valence electrons. The number of carbonyl (C=O) groups excluding carboxylic acids is 1. The Bertz CT molecular complexity index is 835. The van der Waals surface area contributed by atoms with Crippen LogP contribution in [0.25, 0.3) is 0 Å². The Balaban J connectivity index is 1.32. The van der Waals surface area contributed by atoms with Gasteiger partial charge in [-0.05, 0) is 104 Å². The topological polar surface area (TPSA) is 89.8 Å². The van der Waals surface area contributed by atoms with Gasteiger partial charge in [-0.3, -0.25) is 4.79 Å². The first-order chi connectivity index (χ1) is 18.3. The van der Waals surface area contributed by atoms with Crippen LogP contribution < -0.4 is 5.32 Å². The molecule has 39 heavy (non-hydrogen) atoms. The smallest absolute Gasteiger partial charge is 0.220 e. The van der Waals surface area contributed by atoms with Crippen molar-refractivity contribution in [2.24, 2.45) is 46.3 Å². The third kappa shape index (κ3) is 6.24. The van der Waals surface area contributed by atoms with Gasteiger partial charge in [0.25, 0.3) is 0 Å². The first-order valence-electron chi connectivity index (χ1n) is 16.5. The van der Waals surface area contributed by atoms with Gasteiger partial charge in [-0.2, -0.15) is 0 Å². The van der Waals surface area contributed by atoms with Gasteiger partial charge >= 0.3 is 0 Å². The van der Waals surface area contributed by atoms with Gasteiger partial charge in [0.15, 0.2) is 0 Å². The van der Waals surface area contributed by atoms with E-state index in [1.165, 1.54) is 19.4 Å². The normalized spacial score (nSPS) is 42.8. The lowest BCUT2D eigenvalue weighted by Crippen LogP contribution is -2.62. The average Bonchev–Trinajstić information content (AvgIpc) is 3.24. The zero-order valence-electron chi connectivity index (χ0n) is 26.0. The Labute approximate surface area is 238 Å². The molecule has 0 bridgehead atoms. The van der Waals surface area contributed by atoms with Gasteiger partial charge in [0.2, 0.25) is 5.91 Å². The third-order valence-electron chi connectivity index (χ3n) is 12.7. The SMILES string of the molecule is CCCC[N+](C)(C)CCCNC(=O)CC[C@@H](C)[C@H]1CC[C@H]2[C@@H]3[C@H](O)C[C@@H]4C[C@H](O)CC[C@]4(C)[C@H]3C[C@H](O)[C@]12C. The molecule has 0 aromatic carbocycles. The maximum absolute atomic E-state index is 12.7. The van der Waals surface area contributed by atoms with E-state index in [-0.39, 0.29) is 41.0 Å². The van der Waals surface area contributed by atoms with Crippen LogP contribution in [0.4, 0.5) is 0 Å². The Kier molecular flexibility index (Phi) is 9.83. The van der Waals surface area contributed by atoms with Crippen molar-refractivity contribution in [3.8, 4) is 0 Å². The van der Waals surface area contributed by atoms with Gasteiger partial charge in [-0.25, -0.2) is 0 Å². The Morgan fingerprint density at radius 3 is 2.44 bits per heavy atom. The van der Waals surface area contributed by atoms with Gasteiger partial charge in [-0.1, -0.05) is 34.1 Å². The van der Waals surface area contributed by atoms with E-state index in [0.717, 1.165) is 75.4 Å². The molecule has 0 aliphatic heterocycles. The minimum absolute atomic E-state index is 0.108. The lowest BCUT2D eigenvalue weighted by Gasteiger charge is -2.63. The summed E-state index contributed by atoms with van der Waals surface area (Å²) in [5.74, 6) is 2.18. The highest BCUT2D eigenvalue weighted by molar-refractivity contribution is 5.75. The van der Waals surface area contributed by atoms with E-state index in [1.54, 1.807) is 0 Å². The fraction of sp³-hybridized carbons (Fsp3) is 0.970. The van der Waals surface area contributed by atoms with Crippen molar-refractivity contribution in [1.29, 1.82) is 0 Å². The molecule has 0 heterocycles. The number of hydrogen-bond donors (Lipinski definition) is 4. The lowest BCUT2D eigenvalue weighted by atomic mass is 9.43. The van der Waals surface area contributed by atoms with Crippen molar-refractivity contribution in [3.05, 3.63) is 0 Å². The zero-order chi connectivity index (χ0) is 28.6. The number of amides is 1. The van der Waals surface area contributed by atoms with Gasteiger partial charge < -0.3 is 25.1 Å².